The lowest BCUT2D eigenvalue weighted by molar-refractivity contribution is 0.00818. The maximum Gasteiger partial charge on any atom is 0.410 e. The highest BCUT2D eigenvalue weighted by Gasteiger charge is 2.34. The van der Waals surface area contributed by atoms with Gasteiger partial charge in [0.2, 0.25) is 0 Å². The molecule has 1 fully saturated rings. The highest BCUT2D eigenvalue weighted by Crippen LogP contribution is 2.28. The summed E-state index contributed by atoms with van der Waals surface area (Å²) in [4.78, 5) is 24.2. The number of likely N-dealkylation sites (tertiary alicyclic amines) is 1. The predicted octanol–water partition coefficient (Wildman–Crippen LogP) is 2.83. The minimum absolute atomic E-state index is 0.268. The van der Waals surface area contributed by atoms with Gasteiger partial charge in [-0.2, -0.15) is 0 Å². The molecule has 4 nitrogen and oxygen atoms in total. The Kier molecular flexibility index (Phi) is 3.60. The van der Waals surface area contributed by atoms with Gasteiger partial charge in [-0.1, -0.05) is 18.2 Å². The van der Waals surface area contributed by atoms with E-state index in [1.54, 1.807) is 11.0 Å². The van der Waals surface area contributed by atoms with E-state index in [2.05, 4.69) is 0 Å². The third kappa shape index (κ3) is 3.34. The molecule has 0 N–H and O–H groups in total. The fourth-order valence-corrected chi connectivity index (χ4v) is 2.05. The number of rotatable bonds is 2. The molecule has 4 heteroatoms. The van der Waals surface area contributed by atoms with Crippen LogP contribution in [0.25, 0.3) is 0 Å². The smallest absolute Gasteiger partial charge is 0.410 e. The average molecular weight is 261 g/mol. The largest absolute Gasteiger partial charge is 0.444 e. The second-order valence-corrected chi connectivity index (χ2v) is 5.87. The maximum atomic E-state index is 11.8. The van der Waals surface area contributed by atoms with Crippen LogP contribution in [-0.4, -0.2) is 36.0 Å². The first-order valence-corrected chi connectivity index (χ1v) is 6.42. The zero-order valence-electron chi connectivity index (χ0n) is 11.6. The summed E-state index contributed by atoms with van der Waals surface area (Å²) in [5.74, 6) is 0.299. The van der Waals surface area contributed by atoms with E-state index in [9.17, 15) is 9.59 Å². The zero-order valence-corrected chi connectivity index (χ0v) is 11.6. The van der Waals surface area contributed by atoms with E-state index < -0.39 is 5.60 Å². The van der Waals surface area contributed by atoms with Gasteiger partial charge in [0, 0.05) is 24.6 Å². The van der Waals surface area contributed by atoms with Crippen LogP contribution in [0.4, 0.5) is 4.79 Å². The maximum absolute atomic E-state index is 11.8. The molecule has 19 heavy (non-hydrogen) atoms. The molecule has 1 aromatic rings. The van der Waals surface area contributed by atoms with E-state index in [0.29, 0.717) is 24.6 Å². The van der Waals surface area contributed by atoms with Gasteiger partial charge in [-0.15, -0.1) is 0 Å². The summed E-state index contributed by atoms with van der Waals surface area (Å²) in [5, 5.41) is 0. The molecule has 1 aromatic carbocycles. The van der Waals surface area contributed by atoms with E-state index in [1.165, 1.54) is 0 Å². The molecule has 102 valence electrons. The predicted molar refractivity (Wildman–Crippen MR) is 72.4 cm³/mol. The van der Waals surface area contributed by atoms with Gasteiger partial charge in [0.05, 0.1) is 0 Å². The Morgan fingerprint density at radius 3 is 2.63 bits per heavy atom. The highest BCUT2D eigenvalue weighted by molar-refractivity contribution is 5.75. The van der Waals surface area contributed by atoms with E-state index in [1.807, 2.05) is 39.0 Å². The topological polar surface area (TPSA) is 46.6 Å². The van der Waals surface area contributed by atoms with Crippen molar-refractivity contribution in [2.24, 2.45) is 0 Å². The van der Waals surface area contributed by atoms with Crippen molar-refractivity contribution in [3.05, 3.63) is 35.4 Å². The fraction of sp³-hybridized carbons (Fsp3) is 0.467. The van der Waals surface area contributed by atoms with Crippen LogP contribution < -0.4 is 0 Å². The van der Waals surface area contributed by atoms with Crippen molar-refractivity contribution in [2.75, 3.05) is 13.1 Å². The van der Waals surface area contributed by atoms with Crippen LogP contribution in [0, 0.1) is 0 Å². The second kappa shape index (κ2) is 5.03. The highest BCUT2D eigenvalue weighted by atomic mass is 16.6. The minimum atomic E-state index is -0.459. The Labute approximate surface area is 113 Å². The Balaban J connectivity index is 1.92. The molecular weight excluding hydrogens is 242 g/mol. The fourth-order valence-electron chi connectivity index (χ4n) is 2.05. The molecule has 0 unspecified atom stereocenters. The lowest BCUT2D eigenvalue weighted by Gasteiger charge is -2.40. The van der Waals surface area contributed by atoms with Crippen molar-refractivity contribution in [1.29, 1.82) is 0 Å². The molecule has 0 atom stereocenters. The van der Waals surface area contributed by atoms with Gasteiger partial charge in [0.1, 0.15) is 11.9 Å². The third-order valence-electron chi connectivity index (χ3n) is 3.05. The quantitative estimate of drug-likeness (QED) is 0.769. The van der Waals surface area contributed by atoms with Crippen LogP contribution in [0.1, 0.15) is 42.6 Å². The summed E-state index contributed by atoms with van der Waals surface area (Å²) in [6.07, 6.45) is 0.573. The van der Waals surface area contributed by atoms with Gasteiger partial charge in [-0.25, -0.2) is 4.79 Å². The number of nitrogens with zero attached hydrogens (tertiary/aromatic N) is 1. The Morgan fingerprint density at radius 2 is 2.05 bits per heavy atom. The number of amides is 1. The van der Waals surface area contributed by atoms with Crippen molar-refractivity contribution in [1.82, 2.24) is 4.90 Å². The Morgan fingerprint density at radius 1 is 1.37 bits per heavy atom. The molecule has 0 aromatic heterocycles. The molecule has 0 bridgehead atoms. The summed E-state index contributed by atoms with van der Waals surface area (Å²) in [5.41, 5.74) is 1.32. The summed E-state index contributed by atoms with van der Waals surface area (Å²) in [6, 6.07) is 7.52. The molecular formula is C15H19NO3. The van der Waals surface area contributed by atoms with Gasteiger partial charge in [0.25, 0.3) is 0 Å². The standard InChI is InChI=1S/C15H19NO3/c1-15(2,3)19-14(18)16-8-13(9-16)12-6-4-5-11(7-12)10-17/h4-7,10,13H,8-9H2,1-3H3. The SMILES string of the molecule is CC(C)(C)OC(=O)N1CC(c2cccc(C=O)c2)C1. The van der Waals surface area contributed by atoms with Crippen LogP contribution in [-0.2, 0) is 4.74 Å². The van der Waals surface area contributed by atoms with Crippen molar-refractivity contribution in [3.63, 3.8) is 0 Å². The molecule has 0 aliphatic carbocycles. The number of carbonyl (C=O) groups excluding carboxylic acids is 2. The number of benzene rings is 1. The molecule has 1 aliphatic heterocycles. The lowest BCUT2D eigenvalue weighted by atomic mass is 9.91. The molecule has 1 aliphatic rings. The Hall–Kier alpha value is -1.84. The van der Waals surface area contributed by atoms with E-state index >= 15 is 0 Å². The monoisotopic (exact) mass is 261 g/mol. The van der Waals surface area contributed by atoms with Gasteiger partial charge in [-0.05, 0) is 32.4 Å². The van der Waals surface area contributed by atoms with Crippen LogP contribution in [0.3, 0.4) is 0 Å². The van der Waals surface area contributed by atoms with E-state index in [4.69, 9.17) is 4.74 Å². The Bertz CT molecular complexity index is 484. The lowest BCUT2D eigenvalue weighted by Crippen LogP contribution is -2.50. The van der Waals surface area contributed by atoms with Gasteiger partial charge >= 0.3 is 6.09 Å². The van der Waals surface area contributed by atoms with Crippen LogP contribution >= 0.6 is 0 Å². The van der Waals surface area contributed by atoms with E-state index in [0.717, 1.165) is 11.8 Å². The van der Waals surface area contributed by atoms with Crippen molar-refractivity contribution >= 4 is 12.4 Å². The number of hydrogen-bond donors (Lipinski definition) is 0. The average Bonchev–Trinajstić information content (AvgIpc) is 2.25. The van der Waals surface area contributed by atoms with Crippen LogP contribution in [0.2, 0.25) is 0 Å². The first kappa shape index (κ1) is 13.6. The summed E-state index contributed by atoms with van der Waals surface area (Å²) >= 11 is 0. The molecule has 1 heterocycles. The first-order valence-electron chi connectivity index (χ1n) is 6.42. The molecule has 0 saturated carbocycles. The molecule has 0 radical (unpaired) electrons. The summed E-state index contributed by atoms with van der Waals surface area (Å²) in [7, 11) is 0. The normalized spacial score (nSPS) is 15.8. The zero-order chi connectivity index (χ0) is 14.0. The van der Waals surface area contributed by atoms with Crippen molar-refractivity contribution in [3.8, 4) is 0 Å². The van der Waals surface area contributed by atoms with Crippen molar-refractivity contribution in [2.45, 2.75) is 32.3 Å². The van der Waals surface area contributed by atoms with E-state index in [-0.39, 0.29) is 6.09 Å². The number of carbonyl (C=O) groups is 2. The van der Waals surface area contributed by atoms with Crippen molar-refractivity contribution < 1.29 is 14.3 Å². The first-order chi connectivity index (χ1) is 8.89. The van der Waals surface area contributed by atoms with Crippen LogP contribution in [0.5, 0.6) is 0 Å². The van der Waals surface area contributed by atoms with Crippen LogP contribution in [0.15, 0.2) is 24.3 Å². The second-order valence-electron chi connectivity index (χ2n) is 5.87. The minimum Gasteiger partial charge on any atom is -0.444 e. The summed E-state index contributed by atoms with van der Waals surface area (Å²) < 4.78 is 5.30. The third-order valence-corrected chi connectivity index (χ3v) is 3.05. The van der Waals surface area contributed by atoms with Gasteiger partial charge in [-0.3, -0.25) is 4.79 Å². The molecule has 1 saturated heterocycles. The molecule has 0 spiro atoms. The van der Waals surface area contributed by atoms with Gasteiger partial charge in [0.15, 0.2) is 0 Å². The summed E-state index contributed by atoms with van der Waals surface area (Å²) in [6.45, 7) is 6.87. The number of ether oxygens (including phenoxy) is 1. The number of hydrogen-bond acceptors (Lipinski definition) is 3. The molecule has 2 rings (SSSR count). The number of aldehydes is 1. The van der Waals surface area contributed by atoms with Gasteiger partial charge < -0.3 is 9.64 Å². The molecule has 1 amide bonds.